The summed E-state index contributed by atoms with van der Waals surface area (Å²) >= 11 is 0. The van der Waals surface area contributed by atoms with Gasteiger partial charge in [-0.1, -0.05) is 261 Å². The first kappa shape index (κ1) is 58.0. The number of hydrogen-bond donors (Lipinski definition) is 0. The van der Waals surface area contributed by atoms with E-state index in [-0.39, 0.29) is 6.71 Å². The van der Waals surface area contributed by atoms with E-state index >= 15 is 0 Å². The van der Waals surface area contributed by atoms with Crippen molar-refractivity contribution in [2.45, 2.75) is 0 Å². The van der Waals surface area contributed by atoms with E-state index in [2.05, 4.69) is 269 Å². The molecular weight excluding hydrogens is 1220 g/mol. The van der Waals surface area contributed by atoms with E-state index < -0.39 is 0 Å². The van der Waals surface area contributed by atoms with Gasteiger partial charge in [-0.25, -0.2) is 29.9 Å². The minimum Gasteiger partial charge on any atom is -0.311 e. The van der Waals surface area contributed by atoms with Crippen molar-refractivity contribution in [2.75, 3.05) is 9.80 Å². The monoisotopic (exact) mass is 1280 g/mol. The molecule has 0 fully saturated rings. The van der Waals surface area contributed by atoms with Crippen LogP contribution in [0.1, 0.15) is 0 Å². The van der Waals surface area contributed by atoms with E-state index in [1.54, 1.807) is 0 Å². The van der Waals surface area contributed by atoms with Gasteiger partial charge in [-0.2, -0.15) is 0 Å². The quantitative estimate of drug-likeness (QED) is 0.112. The Labute approximate surface area is 579 Å². The Morgan fingerprint density at radius 2 is 0.590 bits per heavy atom. The standard InChI is InChI=1S/C90H58BN9/c1-7-28-59(29-8-1)85-92-86(60-30-9-2-10-31-60)95-89(94-85)67-52-53-78-74(56-67)72-44-19-22-49-77(72)100(78)84-71(45-27-46-73(84)90-96-87(61-32-11-3-12-33-61)93-88(97-90)62-34-13-4-14-35-62)66-39-26-37-64(55-66)63-36-25-38-65(54-63)68-57-81-83-82(58-68)99(70-42-17-6-18-43-70)80-51-24-21-48-76(80)91(83)75-47-20-23-50-79(75)98(81)69-40-15-5-16-41-69/h1-58H. The molecule has 2 aliphatic rings. The van der Waals surface area contributed by atoms with Crippen molar-refractivity contribution in [3.63, 3.8) is 0 Å². The molecule has 0 unspecified atom stereocenters. The molecule has 466 valence electrons. The number of nitrogens with zero attached hydrogens (tertiary/aromatic N) is 9. The summed E-state index contributed by atoms with van der Waals surface area (Å²) in [6.07, 6.45) is 0. The fraction of sp³-hybridized carbons (Fsp3) is 0. The molecule has 0 atom stereocenters. The zero-order valence-corrected chi connectivity index (χ0v) is 54.1. The molecule has 0 amide bonds. The highest BCUT2D eigenvalue weighted by molar-refractivity contribution is 7.00. The second kappa shape index (κ2) is 24.3. The van der Waals surface area contributed by atoms with Crippen LogP contribution in [0.25, 0.3) is 129 Å². The Balaban J connectivity index is 0.803. The third-order valence-electron chi connectivity index (χ3n) is 19.4. The van der Waals surface area contributed by atoms with Gasteiger partial charge in [0.15, 0.2) is 34.9 Å². The summed E-state index contributed by atoms with van der Waals surface area (Å²) in [7, 11) is 0. The van der Waals surface area contributed by atoms with Crippen LogP contribution in [0.4, 0.5) is 34.1 Å². The molecule has 0 saturated carbocycles. The Morgan fingerprint density at radius 1 is 0.220 bits per heavy atom. The van der Waals surface area contributed by atoms with Gasteiger partial charge >= 0.3 is 0 Å². The number of para-hydroxylation sites is 6. The molecule has 3 aromatic heterocycles. The van der Waals surface area contributed by atoms with E-state index in [1.807, 2.05) is 97.1 Å². The summed E-state index contributed by atoms with van der Waals surface area (Å²) in [5, 5.41) is 2.10. The maximum Gasteiger partial charge on any atom is 0.252 e. The maximum absolute atomic E-state index is 5.44. The molecule has 2 aliphatic heterocycles. The molecule has 0 radical (unpaired) electrons. The first-order valence-electron chi connectivity index (χ1n) is 33.8. The summed E-state index contributed by atoms with van der Waals surface area (Å²) < 4.78 is 2.40. The third kappa shape index (κ3) is 10.0. The van der Waals surface area contributed by atoms with Crippen LogP contribution in [0.15, 0.2) is 352 Å². The lowest BCUT2D eigenvalue weighted by molar-refractivity contribution is 1.06. The number of hydrogen-bond acceptors (Lipinski definition) is 8. The molecule has 5 heterocycles. The lowest BCUT2D eigenvalue weighted by atomic mass is 9.33. The Kier molecular flexibility index (Phi) is 14.1. The highest BCUT2D eigenvalue weighted by atomic mass is 15.2. The number of anilines is 6. The molecule has 0 bridgehead atoms. The molecule has 17 aromatic rings. The lowest BCUT2D eigenvalue weighted by Crippen LogP contribution is -2.61. The smallest absolute Gasteiger partial charge is 0.252 e. The van der Waals surface area contributed by atoms with Gasteiger partial charge in [-0.15, -0.1) is 0 Å². The predicted molar refractivity (Wildman–Crippen MR) is 410 cm³/mol. The summed E-state index contributed by atoms with van der Waals surface area (Å²) in [6, 6.07) is 125. The van der Waals surface area contributed by atoms with Crippen molar-refractivity contribution in [3.8, 4) is 107 Å². The van der Waals surface area contributed by atoms with Crippen molar-refractivity contribution in [1.29, 1.82) is 0 Å². The van der Waals surface area contributed by atoms with Crippen LogP contribution in [-0.2, 0) is 0 Å². The van der Waals surface area contributed by atoms with Gasteiger partial charge in [0, 0.05) is 83.8 Å². The van der Waals surface area contributed by atoms with E-state index in [4.69, 9.17) is 29.9 Å². The molecule has 10 heteroatoms. The van der Waals surface area contributed by atoms with Crippen LogP contribution in [0.3, 0.4) is 0 Å². The number of rotatable bonds is 12. The zero-order chi connectivity index (χ0) is 66.0. The number of fused-ring (bicyclic) bond motifs is 7. The van der Waals surface area contributed by atoms with E-state index in [1.165, 1.54) is 27.8 Å². The molecule has 9 nitrogen and oxygen atoms in total. The van der Waals surface area contributed by atoms with Crippen LogP contribution < -0.4 is 26.2 Å². The molecular formula is C90H58BN9. The van der Waals surface area contributed by atoms with Crippen LogP contribution in [-0.4, -0.2) is 41.2 Å². The molecule has 0 spiro atoms. The second-order valence-corrected chi connectivity index (χ2v) is 25.3. The van der Waals surface area contributed by atoms with Crippen molar-refractivity contribution >= 4 is 79.0 Å². The van der Waals surface area contributed by atoms with Crippen molar-refractivity contribution in [2.24, 2.45) is 0 Å². The van der Waals surface area contributed by atoms with E-state index in [0.717, 1.165) is 117 Å². The molecule has 0 aliphatic carbocycles. The van der Waals surface area contributed by atoms with E-state index in [9.17, 15) is 0 Å². The van der Waals surface area contributed by atoms with Gasteiger partial charge in [0.05, 0.1) is 16.7 Å². The van der Waals surface area contributed by atoms with Gasteiger partial charge in [-0.3, -0.25) is 0 Å². The SMILES string of the molecule is c1ccc(-c2nc(-c3ccccc3)nc(-c3ccc4c(c3)c3ccccc3n4-c3c(-c4cccc(-c5cccc(-c6cc7c8c(c6)N(c6ccccc6)c6ccccc6B8c6ccccc6N7c6ccccc6)c5)c4)cccc3-c3nc(-c4ccccc4)nc(-c4ccccc4)n3)n2)cc1. The first-order chi connectivity index (χ1) is 49.6. The zero-order valence-electron chi connectivity index (χ0n) is 54.1. The molecule has 100 heavy (non-hydrogen) atoms. The van der Waals surface area contributed by atoms with Crippen molar-refractivity contribution in [3.05, 3.63) is 352 Å². The average Bonchev–Trinajstić information content (AvgIpc) is 0.762. The molecule has 14 aromatic carbocycles. The fourth-order valence-electron chi connectivity index (χ4n) is 14.9. The average molecular weight is 1280 g/mol. The first-order valence-corrected chi connectivity index (χ1v) is 33.8. The second-order valence-electron chi connectivity index (χ2n) is 25.3. The highest BCUT2D eigenvalue weighted by Gasteiger charge is 2.43. The van der Waals surface area contributed by atoms with Crippen LogP contribution in [0, 0.1) is 0 Å². The molecule has 0 saturated heterocycles. The Hall–Kier alpha value is -13.4. The van der Waals surface area contributed by atoms with Crippen molar-refractivity contribution in [1.82, 2.24) is 34.5 Å². The van der Waals surface area contributed by atoms with Crippen LogP contribution >= 0.6 is 0 Å². The Bertz CT molecular complexity index is 5760. The van der Waals surface area contributed by atoms with E-state index in [0.29, 0.717) is 34.9 Å². The maximum atomic E-state index is 5.44. The number of benzene rings is 14. The summed E-state index contributed by atoms with van der Waals surface area (Å²) in [6.45, 7) is 0.00910. The van der Waals surface area contributed by atoms with Gasteiger partial charge in [0.25, 0.3) is 6.71 Å². The van der Waals surface area contributed by atoms with Crippen LogP contribution in [0.2, 0.25) is 0 Å². The largest absolute Gasteiger partial charge is 0.311 e. The summed E-state index contributed by atoms with van der Waals surface area (Å²) in [4.78, 5) is 36.4. The minimum atomic E-state index is 0.00910. The fourth-order valence-corrected chi connectivity index (χ4v) is 14.9. The van der Waals surface area contributed by atoms with Crippen LogP contribution in [0.5, 0.6) is 0 Å². The van der Waals surface area contributed by atoms with Gasteiger partial charge < -0.3 is 14.4 Å². The van der Waals surface area contributed by atoms with Gasteiger partial charge in [-0.05, 0) is 135 Å². The van der Waals surface area contributed by atoms with Gasteiger partial charge in [0.2, 0.25) is 0 Å². The minimum absolute atomic E-state index is 0.00910. The van der Waals surface area contributed by atoms with Gasteiger partial charge in [0.1, 0.15) is 0 Å². The Morgan fingerprint density at radius 3 is 1.10 bits per heavy atom. The highest BCUT2D eigenvalue weighted by Crippen LogP contribution is 2.48. The third-order valence-corrected chi connectivity index (χ3v) is 19.4. The van der Waals surface area contributed by atoms with Crippen molar-refractivity contribution < 1.29 is 0 Å². The topological polar surface area (TPSA) is 88.8 Å². The summed E-state index contributed by atoms with van der Waals surface area (Å²) in [5.74, 6) is 3.49. The molecule has 19 rings (SSSR count). The summed E-state index contributed by atoms with van der Waals surface area (Å²) in [5.41, 5.74) is 25.3. The normalized spacial score (nSPS) is 12.1. The lowest BCUT2D eigenvalue weighted by Gasteiger charge is -2.44. The molecule has 0 N–H and O–H groups in total. The predicted octanol–water partition coefficient (Wildman–Crippen LogP) is 20.2. The number of aromatic nitrogens is 7.